The van der Waals surface area contributed by atoms with Crippen molar-refractivity contribution >= 4 is 22.6 Å². The fourth-order valence-electron chi connectivity index (χ4n) is 4.80. The average molecular weight is 487 g/mol. The minimum atomic E-state index is -0.727. The highest BCUT2D eigenvalue weighted by atomic mass is 16.7. The molecule has 7 nitrogen and oxygen atoms in total. The Hall–Kier alpha value is -3.84. The molecule has 7 heteroatoms. The molecule has 0 saturated carbocycles. The zero-order chi connectivity index (χ0) is 25.4. The zero-order valence-electron chi connectivity index (χ0n) is 21.2. The maximum Gasteiger partial charge on any atom is 0.306 e. The van der Waals surface area contributed by atoms with Gasteiger partial charge in [-0.3, -0.25) is 4.79 Å². The average Bonchev–Trinajstić information content (AvgIpc) is 2.87. The van der Waals surface area contributed by atoms with Crippen molar-refractivity contribution in [3.8, 4) is 28.2 Å². The van der Waals surface area contributed by atoms with Crippen LogP contribution in [0.2, 0.25) is 0 Å². The number of piperidine rings is 1. The van der Waals surface area contributed by atoms with E-state index in [4.69, 9.17) is 9.25 Å². The molecule has 36 heavy (non-hydrogen) atoms. The number of fused-ring (bicyclic) bond motifs is 2. The van der Waals surface area contributed by atoms with E-state index in [1.54, 1.807) is 0 Å². The van der Waals surface area contributed by atoms with Crippen molar-refractivity contribution in [3.05, 3.63) is 66.0 Å². The Morgan fingerprint density at radius 1 is 1.03 bits per heavy atom. The summed E-state index contributed by atoms with van der Waals surface area (Å²) in [6.45, 7) is 1.16. The fraction of sp³-hybridized carbons (Fsp3) is 0.310. The Bertz CT molecular complexity index is 1460. The Morgan fingerprint density at radius 2 is 1.78 bits per heavy atom. The van der Waals surface area contributed by atoms with Crippen LogP contribution in [0.5, 0.6) is 5.75 Å². The largest absolute Gasteiger partial charge is 0.481 e. The molecule has 2 aliphatic heterocycles. The Balaban J connectivity index is 1.66. The lowest BCUT2D eigenvalue weighted by molar-refractivity contribution is -0.147. The number of hydroxylamine groups is 2. The number of carboxylic acid groups (broad SMARTS) is 1. The van der Waals surface area contributed by atoms with Gasteiger partial charge in [0.2, 0.25) is 5.36 Å². The molecule has 1 saturated heterocycles. The van der Waals surface area contributed by atoms with E-state index in [-0.39, 0.29) is 5.92 Å². The SMILES string of the molecule is CN(C)c1ccc2c(-c3ccccc3ON3CCC(C(=O)O)CC3)c3ccc(=[N+](C)C)cc-3oc2c1. The van der Waals surface area contributed by atoms with Gasteiger partial charge in [-0.15, -0.1) is 5.06 Å². The molecule has 1 N–H and O–H groups in total. The molecule has 0 aromatic heterocycles. The molecular weight excluding hydrogens is 454 g/mol. The summed E-state index contributed by atoms with van der Waals surface area (Å²) in [6, 6.07) is 20.6. The number of carboxylic acids is 1. The number of hydrogen-bond donors (Lipinski definition) is 1. The van der Waals surface area contributed by atoms with E-state index in [0.717, 1.165) is 50.2 Å². The quantitative estimate of drug-likeness (QED) is 0.333. The second kappa shape index (κ2) is 9.66. The summed E-state index contributed by atoms with van der Waals surface area (Å²) in [5, 5.41) is 13.3. The van der Waals surface area contributed by atoms with Crippen molar-refractivity contribution in [2.75, 3.05) is 46.2 Å². The van der Waals surface area contributed by atoms with Crippen molar-refractivity contribution in [2.24, 2.45) is 5.92 Å². The summed E-state index contributed by atoms with van der Waals surface area (Å²) < 4.78 is 8.52. The van der Waals surface area contributed by atoms with Gasteiger partial charge in [-0.25, -0.2) is 4.58 Å². The first-order chi connectivity index (χ1) is 17.3. The van der Waals surface area contributed by atoms with Crippen molar-refractivity contribution in [1.29, 1.82) is 0 Å². The van der Waals surface area contributed by atoms with Gasteiger partial charge < -0.3 is 19.3 Å². The lowest BCUT2D eigenvalue weighted by Crippen LogP contribution is -2.38. The molecule has 0 bridgehead atoms. The Labute approximate surface area is 210 Å². The first-order valence-electron chi connectivity index (χ1n) is 12.2. The third kappa shape index (κ3) is 4.54. The molecule has 3 aliphatic rings. The van der Waals surface area contributed by atoms with Crippen LogP contribution in [0.15, 0.2) is 65.1 Å². The topological polar surface area (TPSA) is 69.2 Å². The summed E-state index contributed by atoms with van der Waals surface area (Å²) in [7, 11) is 8.07. The predicted molar refractivity (Wildman–Crippen MR) is 142 cm³/mol. The molecule has 2 heterocycles. The second-order valence-electron chi connectivity index (χ2n) is 9.76. The lowest BCUT2D eigenvalue weighted by Gasteiger charge is -2.30. The minimum Gasteiger partial charge on any atom is -0.481 e. The van der Waals surface area contributed by atoms with Gasteiger partial charge in [0.1, 0.15) is 25.4 Å². The molecule has 5 rings (SSSR count). The number of hydrogen-bond acceptors (Lipinski definition) is 5. The van der Waals surface area contributed by atoms with Crippen LogP contribution < -0.4 is 19.7 Å². The first-order valence-corrected chi connectivity index (χ1v) is 12.2. The van der Waals surface area contributed by atoms with Gasteiger partial charge in [0.05, 0.1) is 12.0 Å². The van der Waals surface area contributed by atoms with Crippen molar-refractivity contribution in [3.63, 3.8) is 0 Å². The van der Waals surface area contributed by atoms with E-state index in [2.05, 4.69) is 51.9 Å². The second-order valence-corrected chi connectivity index (χ2v) is 9.76. The first kappa shape index (κ1) is 23.9. The van der Waals surface area contributed by atoms with E-state index < -0.39 is 5.97 Å². The van der Waals surface area contributed by atoms with Crippen LogP contribution in [0.3, 0.4) is 0 Å². The molecule has 186 valence electrons. The Morgan fingerprint density at radius 3 is 2.47 bits per heavy atom. The molecule has 2 aromatic rings. The van der Waals surface area contributed by atoms with Gasteiger partial charge in [-0.05, 0) is 37.1 Å². The predicted octanol–water partition coefficient (Wildman–Crippen LogP) is 4.39. The molecule has 1 fully saturated rings. The van der Waals surface area contributed by atoms with Gasteiger partial charge in [-0.1, -0.05) is 18.2 Å². The van der Waals surface area contributed by atoms with Crippen LogP contribution in [-0.4, -0.2) is 57.4 Å². The molecule has 1 aliphatic carbocycles. The highest BCUT2D eigenvalue weighted by molar-refractivity contribution is 6.03. The molecule has 0 amide bonds. The number of nitrogens with zero attached hydrogens (tertiary/aromatic N) is 3. The standard InChI is InChI=1S/C29H31N3O4/c1-30(2)20-9-11-23-26(17-20)35-27-18-21(31(3)4)10-12-24(27)28(23)22-7-5-6-8-25(22)36-32-15-13-19(14-16-32)29(33)34/h5-12,17-19H,13-16H2,1-4H3/p+1. The maximum absolute atomic E-state index is 11.4. The molecular formula is C29H32N3O4+. The number of rotatable bonds is 5. The number of carbonyl (C=O) groups is 1. The summed E-state index contributed by atoms with van der Waals surface area (Å²) in [5.74, 6) is 0.515. The lowest BCUT2D eigenvalue weighted by atomic mass is 9.93. The maximum atomic E-state index is 11.4. The van der Waals surface area contributed by atoms with Crippen LogP contribution in [0.25, 0.3) is 33.4 Å². The monoisotopic (exact) mass is 486 g/mol. The molecule has 0 atom stereocenters. The van der Waals surface area contributed by atoms with Gasteiger partial charge in [-0.2, -0.15) is 0 Å². The van der Waals surface area contributed by atoms with Crippen LogP contribution >= 0.6 is 0 Å². The fourth-order valence-corrected chi connectivity index (χ4v) is 4.80. The zero-order valence-corrected chi connectivity index (χ0v) is 21.2. The van der Waals surface area contributed by atoms with Crippen LogP contribution in [0, 0.1) is 5.92 Å². The highest BCUT2D eigenvalue weighted by Gasteiger charge is 2.27. The third-order valence-electron chi connectivity index (χ3n) is 6.91. The molecule has 0 spiro atoms. The van der Waals surface area contributed by atoms with Crippen LogP contribution in [0.1, 0.15) is 12.8 Å². The van der Waals surface area contributed by atoms with Gasteiger partial charge in [0, 0.05) is 67.1 Å². The van der Waals surface area contributed by atoms with Gasteiger partial charge in [0.15, 0.2) is 5.75 Å². The number of benzene rings is 3. The van der Waals surface area contributed by atoms with Gasteiger partial charge >= 0.3 is 5.97 Å². The highest BCUT2D eigenvalue weighted by Crippen LogP contribution is 2.44. The van der Waals surface area contributed by atoms with Gasteiger partial charge in [0.25, 0.3) is 0 Å². The summed E-state index contributed by atoms with van der Waals surface area (Å²) in [6.07, 6.45) is 1.16. The summed E-state index contributed by atoms with van der Waals surface area (Å²) in [4.78, 5) is 19.8. The van der Waals surface area contributed by atoms with Crippen molar-refractivity contribution in [2.45, 2.75) is 12.8 Å². The molecule has 0 unspecified atom stereocenters. The van der Waals surface area contributed by atoms with E-state index in [0.29, 0.717) is 25.9 Å². The Kier molecular flexibility index (Phi) is 6.41. The van der Waals surface area contributed by atoms with Crippen molar-refractivity contribution < 1.29 is 19.2 Å². The third-order valence-corrected chi connectivity index (χ3v) is 6.91. The van der Waals surface area contributed by atoms with Crippen LogP contribution in [-0.2, 0) is 4.79 Å². The van der Waals surface area contributed by atoms with E-state index in [1.807, 2.05) is 51.5 Å². The van der Waals surface area contributed by atoms with E-state index in [1.165, 1.54) is 0 Å². The summed E-state index contributed by atoms with van der Waals surface area (Å²) in [5.41, 5.74) is 4.89. The molecule has 0 radical (unpaired) electrons. The number of para-hydroxylation sites is 1. The van der Waals surface area contributed by atoms with Crippen LogP contribution in [0.4, 0.5) is 5.69 Å². The number of aliphatic carboxylic acids is 1. The summed E-state index contributed by atoms with van der Waals surface area (Å²) >= 11 is 0. The minimum absolute atomic E-state index is 0.305. The normalized spacial score (nSPS) is 14.8. The van der Waals surface area contributed by atoms with E-state index >= 15 is 0 Å². The van der Waals surface area contributed by atoms with Crippen molar-refractivity contribution in [1.82, 2.24) is 9.64 Å². The molecule has 2 aromatic carbocycles. The number of anilines is 1. The van der Waals surface area contributed by atoms with E-state index in [9.17, 15) is 9.90 Å². The smallest absolute Gasteiger partial charge is 0.306 e.